The van der Waals surface area contributed by atoms with Gasteiger partial charge in [0.05, 0.1) is 0 Å². The van der Waals surface area contributed by atoms with Crippen LogP contribution in [0, 0.1) is 6.92 Å². The molecule has 0 radical (unpaired) electrons. The number of tetrazole rings is 1. The van der Waals surface area contributed by atoms with Gasteiger partial charge in [-0.2, -0.15) is 0 Å². The third kappa shape index (κ3) is 3.96. The lowest BCUT2D eigenvalue weighted by Crippen LogP contribution is -2.33. The van der Waals surface area contributed by atoms with Gasteiger partial charge in [-0.3, -0.25) is 4.79 Å². The Balaban J connectivity index is 1.51. The molecule has 4 aromatic rings. The van der Waals surface area contributed by atoms with Crippen LogP contribution in [-0.4, -0.2) is 31.1 Å². The quantitative estimate of drug-likeness (QED) is 0.547. The van der Waals surface area contributed by atoms with E-state index in [1.165, 1.54) is 11.0 Å². The number of aryl methyl sites for hydroxylation is 1. The van der Waals surface area contributed by atoms with Crippen molar-refractivity contribution in [3.05, 3.63) is 83.1 Å². The van der Waals surface area contributed by atoms with Gasteiger partial charge >= 0.3 is 0 Å². The minimum atomic E-state index is -0.624. The monoisotopic (exact) mass is 390 g/mol. The Kier molecular flexibility index (Phi) is 5.20. The maximum absolute atomic E-state index is 12.9. The van der Waals surface area contributed by atoms with Gasteiger partial charge in [-0.05, 0) is 34.5 Å². The number of rotatable bonds is 6. The van der Waals surface area contributed by atoms with Crippen molar-refractivity contribution in [2.45, 2.75) is 19.5 Å². The molecule has 28 heavy (non-hydrogen) atoms. The molecule has 0 saturated carbocycles. The molecule has 8 heteroatoms. The first kappa shape index (κ1) is 18.0. The highest BCUT2D eigenvalue weighted by atomic mass is 32.1. The average molecular weight is 390 g/mol. The number of carbonyl (C=O) groups is 1. The van der Waals surface area contributed by atoms with E-state index < -0.39 is 6.04 Å². The highest BCUT2D eigenvalue weighted by Gasteiger charge is 2.23. The Morgan fingerprint density at radius 3 is 2.75 bits per heavy atom. The summed E-state index contributed by atoms with van der Waals surface area (Å²) in [6.45, 7) is 2.38. The lowest BCUT2D eigenvalue weighted by Gasteiger charge is -2.16. The van der Waals surface area contributed by atoms with Crippen molar-refractivity contribution in [3.63, 3.8) is 0 Å². The van der Waals surface area contributed by atoms with Crippen molar-refractivity contribution in [2.24, 2.45) is 0 Å². The number of benzene rings is 2. The third-order valence-corrected chi connectivity index (χ3v) is 5.26. The Bertz CT molecular complexity index is 1060. The van der Waals surface area contributed by atoms with Gasteiger partial charge in [-0.1, -0.05) is 48.5 Å². The Labute approximate surface area is 166 Å². The van der Waals surface area contributed by atoms with Crippen molar-refractivity contribution < 1.29 is 4.79 Å². The van der Waals surface area contributed by atoms with E-state index in [-0.39, 0.29) is 5.91 Å². The number of amides is 1. The fourth-order valence-corrected chi connectivity index (χ4v) is 3.73. The van der Waals surface area contributed by atoms with Crippen molar-refractivity contribution in [1.29, 1.82) is 0 Å². The van der Waals surface area contributed by atoms with Gasteiger partial charge in [0, 0.05) is 23.2 Å². The van der Waals surface area contributed by atoms with Crippen LogP contribution >= 0.6 is 11.3 Å². The largest absolute Gasteiger partial charge is 0.350 e. The van der Waals surface area contributed by atoms with Gasteiger partial charge in [-0.15, -0.1) is 16.4 Å². The van der Waals surface area contributed by atoms with E-state index in [0.717, 1.165) is 27.4 Å². The molecule has 0 saturated heterocycles. The second-order valence-electron chi connectivity index (χ2n) is 6.32. The lowest BCUT2D eigenvalue weighted by molar-refractivity contribution is -0.123. The van der Waals surface area contributed by atoms with Crippen LogP contribution in [-0.2, 0) is 11.3 Å². The van der Waals surface area contributed by atoms with E-state index in [9.17, 15) is 4.79 Å². The molecule has 2 aromatic carbocycles. The average Bonchev–Trinajstić information content (AvgIpc) is 3.40. The van der Waals surface area contributed by atoms with Crippen LogP contribution in [0.1, 0.15) is 22.9 Å². The molecular formula is C20H18N6OS. The van der Waals surface area contributed by atoms with E-state index in [1.807, 2.05) is 66.9 Å². The summed E-state index contributed by atoms with van der Waals surface area (Å²) in [6.07, 6.45) is 1.45. The molecule has 7 nitrogen and oxygen atoms in total. The van der Waals surface area contributed by atoms with Crippen molar-refractivity contribution >= 4 is 17.2 Å². The van der Waals surface area contributed by atoms with E-state index in [2.05, 4.69) is 25.8 Å². The normalized spacial score (nSPS) is 11.9. The molecule has 2 aromatic heterocycles. The molecule has 0 aliphatic rings. The Morgan fingerprint density at radius 1 is 1.18 bits per heavy atom. The second kappa shape index (κ2) is 8.10. The highest BCUT2D eigenvalue weighted by molar-refractivity contribution is 7.13. The number of nitrogens with one attached hydrogen (secondary N) is 1. The van der Waals surface area contributed by atoms with E-state index in [0.29, 0.717) is 6.54 Å². The molecule has 0 spiro atoms. The Morgan fingerprint density at radius 2 is 2.04 bits per heavy atom. The van der Waals surface area contributed by atoms with E-state index >= 15 is 0 Å². The summed E-state index contributed by atoms with van der Waals surface area (Å²) in [7, 11) is 0. The van der Waals surface area contributed by atoms with Gasteiger partial charge < -0.3 is 5.32 Å². The van der Waals surface area contributed by atoms with Crippen LogP contribution in [0.3, 0.4) is 0 Å². The zero-order valence-electron chi connectivity index (χ0n) is 15.2. The first-order valence-corrected chi connectivity index (χ1v) is 9.65. The first-order valence-electron chi connectivity index (χ1n) is 8.77. The standard InChI is InChI=1S/C20H18N6OS/c1-14-12-28-20(23-14)17-9-5-6-15(10-17)11-21-19(27)18(26-13-22-24-25-26)16-7-3-2-4-8-16/h2-10,12-13,18H,11H2,1H3,(H,21,27)/t18-/m0/s1. The van der Waals surface area contributed by atoms with Crippen LogP contribution < -0.4 is 5.32 Å². The summed E-state index contributed by atoms with van der Waals surface area (Å²) >= 11 is 1.61. The molecule has 4 rings (SSSR count). The molecule has 1 amide bonds. The molecule has 0 fully saturated rings. The molecule has 0 aliphatic heterocycles. The minimum Gasteiger partial charge on any atom is -0.350 e. The molecule has 1 atom stereocenters. The second-order valence-corrected chi connectivity index (χ2v) is 7.17. The summed E-state index contributed by atoms with van der Waals surface area (Å²) in [5.41, 5.74) is 3.87. The predicted octanol–water partition coefficient (Wildman–Crippen LogP) is 3.01. The fourth-order valence-electron chi connectivity index (χ4n) is 2.93. The van der Waals surface area contributed by atoms with Crippen molar-refractivity contribution in [2.75, 3.05) is 0 Å². The fraction of sp³-hybridized carbons (Fsp3) is 0.150. The topological polar surface area (TPSA) is 85.6 Å². The third-order valence-electron chi connectivity index (χ3n) is 4.25. The SMILES string of the molecule is Cc1csc(-c2cccc(CNC(=O)[C@H](c3ccccc3)n3cnnn3)c2)n1. The lowest BCUT2D eigenvalue weighted by atomic mass is 10.1. The summed E-state index contributed by atoms with van der Waals surface area (Å²) < 4.78 is 1.46. The molecule has 2 heterocycles. The highest BCUT2D eigenvalue weighted by Crippen LogP contribution is 2.24. The van der Waals surface area contributed by atoms with E-state index in [4.69, 9.17) is 0 Å². The van der Waals surface area contributed by atoms with Crippen LogP contribution in [0.4, 0.5) is 0 Å². The summed E-state index contributed by atoms with van der Waals surface area (Å²) in [5, 5.41) is 17.2. The van der Waals surface area contributed by atoms with Crippen LogP contribution in [0.25, 0.3) is 10.6 Å². The van der Waals surface area contributed by atoms with Gasteiger partial charge in [0.25, 0.3) is 0 Å². The summed E-state index contributed by atoms with van der Waals surface area (Å²) in [6, 6.07) is 16.9. The Hall–Kier alpha value is -3.39. The summed E-state index contributed by atoms with van der Waals surface area (Å²) in [5.74, 6) is -0.172. The number of carbonyl (C=O) groups excluding carboxylic acids is 1. The van der Waals surface area contributed by atoms with Crippen LogP contribution in [0.15, 0.2) is 66.3 Å². The van der Waals surface area contributed by atoms with Gasteiger partial charge in [0.1, 0.15) is 11.3 Å². The molecular weight excluding hydrogens is 372 g/mol. The van der Waals surface area contributed by atoms with Crippen molar-refractivity contribution in [1.82, 2.24) is 30.5 Å². The summed E-state index contributed by atoms with van der Waals surface area (Å²) in [4.78, 5) is 17.5. The van der Waals surface area contributed by atoms with Gasteiger partial charge in [0.15, 0.2) is 6.04 Å². The maximum atomic E-state index is 12.9. The number of nitrogens with zero attached hydrogens (tertiary/aromatic N) is 5. The number of hydrogen-bond donors (Lipinski definition) is 1. The van der Waals surface area contributed by atoms with Crippen LogP contribution in [0.2, 0.25) is 0 Å². The smallest absolute Gasteiger partial charge is 0.249 e. The van der Waals surface area contributed by atoms with Gasteiger partial charge in [-0.25, -0.2) is 9.67 Å². The molecule has 0 unspecified atom stereocenters. The molecule has 1 N–H and O–H groups in total. The number of hydrogen-bond acceptors (Lipinski definition) is 6. The van der Waals surface area contributed by atoms with Gasteiger partial charge in [0.2, 0.25) is 5.91 Å². The molecule has 0 aliphatic carbocycles. The zero-order valence-corrected chi connectivity index (χ0v) is 16.0. The minimum absolute atomic E-state index is 0.172. The van der Waals surface area contributed by atoms with Crippen molar-refractivity contribution in [3.8, 4) is 10.6 Å². The molecule has 140 valence electrons. The number of aromatic nitrogens is 5. The van der Waals surface area contributed by atoms with E-state index in [1.54, 1.807) is 11.3 Å². The first-order chi connectivity index (χ1) is 13.7. The predicted molar refractivity (Wildman–Crippen MR) is 107 cm³/mol. The van der Waals surface area contributed by atoms with Crippen LogP contribution in [0.5, 0.6) is 0 Å². The maximum Gasteiger partial charge on any atom is 0.249 e. The molecule has 0 bridgehead atoms. The number of thiazole rings is 1. The zero-order chi connectivity index (χ0) is 19.3.